The van der Waals surface area contributed by atoms with E-state index in [0.717, 1.165) is 5.82 Å². The zero-order valence-corrected chi connectivity index (χ0v) is 14.6. The van der Waals surface area contributed by atoms with Gasteiger partial charge < -0.3 is 14.9 Å². The van der Waals surface area contributed by atoms with Gasteiger partial charge in [0.1, 0.15) is 12.1 Å². The third kappa shape index (κ3) is 2.97. The molecule has 3 heterocycles. The van der Waals surface area contributed by atoms with E-state index >= 15 is 0 Å². The van der Waals surface area contributed by atoms with Crippen molar-refractivity contribution in [2.45, 2.75) is 6.10 Å². The summed E-state index contributed by atoms with van der Waals surface area (Å²) < 4.78 is 1.82. The smallest absolute Gasteiger partial charge is 0.256 e. The van der Waals surface area contributed by atoms with E-state index in [1.54, 1.807) is 41.7 Å². The topological polar surface area (TPSA) is 86.9 Å². The third-order valence-corrected chi connectivity index (χ3v) is 4.88. The number of aliphatic hydroxyl groups is 1. The van der Waals surface area contributed by atoms with Gasteiger partial charge in [-0.2, -0.15) is 0 Å². The molecule has 3 aromatic rings. The highest BCUT2D eigenvalue weighted by molar-refractivity contribution is 6.31. The van der Waals surface area contributed by atoms with Gasteiger partial charge in [0.25, 0.3) is 11.7 Å². The Morgan fingerprint density at radius 3 is 2.69 bits per heavy atom. The van der Waals surface area contributed by atoms with Gasteiger partial charge >= 0.3 is 0 Å². The predicted octanol–water partition coefficient (Wildman–Crippen LogP) is 1.16. The number of anilines is 1. The molecule has 1 fully saturated rings. The van der Waals surface area contributed by atoms with Crippen molar-refractivity contribution in [3.8, 4) is 0 Å². The van der Waals surface area contributed by atoms with Crippen LogP contribution < -0.4 is 4.90 Å². The number of aromatic nitrogens is 4. The molecule has 0 radical (unpaired) electrons. The Hall–Kier alpha value is -2.71. The second kappa shape index (κ2) is 6.89. The summed E-state index contributed by atoms with van der Waals surface area (Å²) >= 11 is 6.09. The van der Waals surface area contributed by atoms with Crippen molar-refractivity contribution in [3.05, 3.63) is 53.4 Å². The highest BCUT2D eigenvalue weighted by Crippen LogP contribution is 2.25. The number of carbonyl (C=O) groups excluding carboxylic acids is 1. The molecule has 8 nitrogen and oxygen atoms in total. The minimum Gasteiger partial charge on any atom is -0.378 e. The van der Waals surface area contributed by atoms with Crippen molar-refractivity contribution >= 4 is 29.1 Å². The van der Waals surface area contributed by atoms with E-state index in [0.29, 0.717) is 42.5 Å². The van der Waals surface area contributed by atoms with E-state index in [1.807, 2.05) is 10.5 Å². The van der Waals surface area contributed by atoms with Crippen LogP contribution in [0.5, 0.6) is 0 Å². The molecule has 1 saturated heterocycles. The molecule has 134 valence electrons. The van der Waals surface area contributed by atoms with Gasteiger partial charge in [-0.1, -0.05) is 29.8 Å². The molecule has 2 aromatic heterocycles. The van der Waals surface area contributed by atoms with E-state index < -0.39 is 6.10 Å². The fraction of sp³-hybridized carbons (Fsp3) is 0.294. The van der Waals surface area contributed by atoms with Crippen LogP contribution in [0.15, 0.2) is 42.9 Å². The first-order valence-electron chi connectivity index (χ1n) is 8.26. The largest absolute Gasteiger partial charge is 0.378 e. The van der Waals surface area contributed by atoms with Gasteiger partial charge in [-0.15, -0.1) is 10.2 Å². The van der Waals surface area contributed by atoms with Crippen LogP contribution in [0.3, 0.4) is 0 Å². The third-order valence-electron chi connectivity index (χ3n) is 4.54. The Kier molecular flexibility index (Phi) is 4.44. The molecular weight excluding hydrogens is 356 g/mol. The van der Waals surface area contributed by atoms with Gasteiger partial charge in [-0.25, -0.2) is 4.98 Å². The first-order chi connectivity index (χ1) is 12.6. The number of piperazine rings is 1. The number of benzene rings is 1. The lowest BCUT2D eigenvalue weighted by atomic mass is 10.1. The minimum atomic E-state index is -1.25. The molecule has 1 aliphatic rings. The van der Waals surface area contributed by atoms with E-state index in [9.17, 15) is 9.90 Å². The molecule has 1 aromatic carbocycles. The summed E-state index contributed by atoms with van der Waals surface area (Å²) in [6.45, 7) is 2.29. The van der Waals surface area contributed by atoms with Crippen molar-refractivity contribution < 1.29 is 9.90 Å². The van der Waals surface area contributed by atoms with Crippen molar-refractivity contribution in [2.24, 2.45) is 0 Å². The fourth-order valence-electron chi connectivity index (χ4n) is 3.15. The summed E-state index contributed by atoms with van der Waals surface area (Å²) in [4.78, 5) is 20.6. The van der Waals surface area contributed by atoms with Crippen LogP contribution in [-0.4, -0.2) is 61.7 Å². The number of halogens is 1. The van der Waals surface area contributed by atoms with Crippen molar-refractivity contribution in [1.29, 1.82) is 0 Å². The monoisotopic (exact) mass is 372 g/mol. The average molecular weight is 373 g/mol. The molecule has 26 heavy (non-hydrogen) atoms. The number of carbonyl (C=O) groups is 1. The number of hydrogen-bond acceptors (Lipinski definition) is 6. The summed E-state index contributed by atoms with van der Waals surface area (Å²) in [5, 5.41) is 18.6. The highest BCUT2D eigenvalue weighted by Gasteiger charge is 2.28. The van der Waals surface area contributed by atoms with Crippen LogP contribution in [0, 0.1) is 0 Å². The molecule has 1 N–H and O–H groups in total. The molecule has 0 spiro atoms. The van der Waals surface area contributed by atoms with Crippen LogP contribution in [0.1, 0.15) is 11.7 Å². The SMILES string of the molecule is O=C([C@H](O)c1ccccc1Cl)N1CCN(c2ccnc3nncn23)CC1. The standard InChI is InChI=1S/C17H17ClN6O2/c18-13-4-2-1-3-12(13)15(25)16(26)23-9-7-22(8-10-23)14-5-6-19-17-21-20-11-24(14)17/h1-6,11,15,25H,7-10H2/t15-/m1/s1. The quantitative estimate of drug-likeness (QED) is 0.742. The van der Waals surface area contributed by atoms with Crippen molar-refractivity contribution in [2.75, 3.05) is 31.1 Å². The highest BCUT2D eigenvalue weighted by atomic mass is 35.5. The maximum atomic E-state index is 12.6. The molecule has 1 amide bonds. The zero-order valence-electron chi connectivity index (χ0n) is 13.9. The zero-order chi connectivity index (χ0) is 18.1. The van der Waals surface area contributed by atoms with E-state index in [-0.39, 0.29) is 5.91 Å². The fourth-order valence-corrected chi connectivity index (χ4v) is 3.39. The Bertz CT molecular complexity index is 938. The summed E-state index contributed by atoms with van der Waals surface area (Å²) in [6.07, 6.45) is 2.06. The van der Waals surface area contributed by atoms with Gasteiger partial charge in [0, 0.05) is 43.0 Å². The number of nitrogens with zero attached hydrogens (tertiary/aromatic N) is 6. The minimum absolute atomic E-state index is 0.332. The average Bonchev–Trinajstić information content (AvgIpc) is 3.16. The summed E-state index contributed by atoms with van der Waals surface area (Å²) in [6, 6.07) is 8.75. The molecule has 1 atom stereocenters. The molecule has 0 bridgehead atoms. The number of rotatable bonds is 3. The van der Waals surface area contributed by atoms with Gasteiger partial charge in [0.05, 0.1) is 0 Å². The second-order valence-corrected chi connectivity index (χ2v) is 6.45. The van der Waals surface area contributed by atoms with Crippen LogP contribution >= 0.6 is 11.6 Å². The Morgan fingerprint density at radius 1 is 1.15 bits per heavy atom. The van der Waals surface area contributed by atoms with Crippen LogP contribution in [-0.2, 0) is 4.79 Å². The summed E-state index contributed by atoms with van der Waals surface area (Å²) in [5.74, 6) is 1.14. The van der Waals surface area contributed by atoms with Crippen LogP contribution in [0.25, 0.3) is 5.78 Å². The lowest BCUT2D eigenvalue weighted by Crippen LogP contribution is -2.50. The van der Waals surface area contributed by atoms with Gasteiger partial charge in [0.2, 0.25) is 0 Å². The van der Waals surface area contributed by atoms with Crippen molar-refractivity contribution in [1.82, 2.24) is 24.5 Å². The van der Waals surface area contributed by atoms with Crippen LogP contribution in [0.4, 0.5) is 5.82 Å². The lowest BCUT2D eigenvalue weighted by Gasteiger charge is -2.36. The van der Waals surface area contributed by atoms with E-state index in [1.165, 1.54) is 0 Å². The molecule has 9 heteroatoms. The van der Waals surface area contributed by atoms with E-state index in [4.69, 9.17) is 11.6 Å². The van der Waals surface area contributed by atoms with E-state index in [2.05, 4.69) is 20.1 Å². The summed E-state index contributed by atoms with van der Waals surface area (Å²) in [7, 11) is 0. The molecular formula is C17H17ClN6O2. The molecule has 0 saturated carbocycles. The maximum Gasteiger partial charge on any atom is 0.256 e. The van der Waals surface area contributed by atoms with Crippen LogP contribution in [0.2, 0.25) is 5.02 Å². The number of fused-ring (bicyclic) bond motifs is 1. The lowest BCUT2D eigenvalue weighted by molar-refractivity contribution is -0.140. The number of aliphatic hydroxyl groups excluding tert-OH is 1. The second-order valence-electron chi connectivity index (χ2n) is 6.04. The Balaban J connectivity index is 1.46. The normalized spacial score (nSPS) is 16.1. The molecule has 0 unspecified atom stereocenters. The Labute approximate surface area is 154 Å². The van der Waals surface area contributed by atoms with Gasteiger partial charge in [-0.3, -0.25) is 9.20 Å². The Morgan fingerprint density at radius 2 is 1.92 bits per heavy atom. The maximum absolute atomic E-state index is 12.6. The van der Waals surface area contributed by atoms with Gasteiger partial charge in [0.15, 0.2) is 6.10 Å². The first kappa shape index (κ1) is 16.7. The first-order valence-corrected chi connectivity index (χ1v) is 8.64. The number of hydrogen-bond donors (Lipinski definition) is 1. The molecule has 1 aliphatic heterocycles. The molecule has 0 aliphatic carbocycles. The molecule has 4 rings (SSSR count). The van der Waals surface area contributed by atoms with Gasteiger partial charge in [-0.05, 0) is 12.1 Å². The summed E-state index contributed by atoms with van der Waals surface area (Å²) in [5.41, 5.74) is 0.432. The number of amides is 1. The predicted molar refractivity (Wildman–Crippen MR) is 96.0 cm³/mol. The van der Waals surface area contributed by atoms with Crippen molar-refractivity contribution in [3.63, 3.8) is 0 Å².